The topological polar surface area (TPSA) is 38.7 Å². The van der Waals surface area contributed by atoms with Crippen molar-refractivity contribution < 1.29 is 14.6 Å². The summed E-state index contributed by atoms with van der Waals surface area (Å²) in [6.07, 6.45) is 3.32. The van der Waals surface area contributed by atoms with Crippen LogP contribution in [0, 0.1) is 19.8 Å². The molecule has 0 aromatic heterocycles. The molecule has 0 radical (unpaired) electrons. The summed E-state index contributed by atoms with van der Waals surface area (Å²) in [6, 6.07) is 4.02. The van der Waals surface area contributed by atoms with Gasteiger partial charge in [-0.2, -0.15) is 0 Å². The molecule has 1 aliphatic rings. The van der Waals surface area contributed by atoms with Gasteiger partial charge in [-0.3, -0.25) is 0 Å². The summed E-state index contributed by atoms with van der Waals surface area (Å²) >= 11 is 0. The van der Waals surface area contributed by atoms with E-state index < -0.39 is 11.7 Å². The van der Waals surface area contributed by atoms with E-state index in [-0.39, 0.29) is 0 Å². The molecule has 1 atom stereocenters. The van der Waals surface area contributed by atoms with Crippen LogP contribution in [0.1, 0.15) is 55.4 Å². The second-order valence-corrected chi connectivity index (χ2v) is 6.48. The van der Waals surface area contributed by atoms with E-state index >= 15 is 0 Å². The Balaban J connectivity index is 2.38. The van der Waals surface area contributed by atoms with E-state index in [9.17, 15) is 5.11 Å². The van der Waals surface area contributed by atoms with Crippen molar-refractivity contribution in [2.45, 2.75) is 58.2 Å². The summed E-state index contributed by atoms with van der Waals surface area (Å²) in [5.74, 6) is 1.50. The van der Waals surface area contributed by atoms with Crippen molar-refractivity contribution in [2.75, 3.05) is 14.2 Å². The highest BCUT2D eigenvalue weighted by Gasteiger charge is 2.42. The molecule has 21 heavy (non-hydrogen) atoms. The first kappa shape index (κ1) is 16.3. The summed E-state index contributed by atoms with van der Waals surface area (Å²) in [6.45, 7) is 6.36. The molecule has 1 saturated carbocycles. The maximum absolute atomic E-state index is 11.0. The summed E-state index contributed by atoms with van der Waals surface area (Å²) < 4.78 is 11.4. The maximum atomic E-state index is 11.0. The number of rotatable bonds is 4. The van der Waals surface area contributed by atoms with Crippen molar-refractivity contribution in [3.63, 3.8) is 0 Å². The Morgan fingerprint density at radius 2 is 1.81 bits per heavy atom. The molecule has 0 amide bonds. The van der Waals surface area contributed by atoms with Gasteiger partial charge in [0.25, 0.3) is 0 Å². The van der Waals surface area contributed by atoms with Crippen molar-refractivity contribution in [3.05, 3.63) is 28.8 Å². The lowest BCUT2D eigenvalue weighted by Crippen LogP contribution is -2.42. The van der Waals surface area contributed by atoms with Gasteiger partial charge < -0.3 is 14.6 Å². The quantitative estimate of drug-likeness (QED) is 0.913. The molecule has 1 fully saturated rings. The molecule has 1 unspecified atom stereocenters. The van der Waals surface area contributed by atoms with Gasteiger partial charge in [-0.25, -0.2) is 0 Å². The van der Waals surface area contributed by atoms with Crippen molar-refractivity contribution >= 4 is 0 Å². The Kier molecular flexibility index (Phi) is 4.95. The van der Waals surface area contributed by atoms with Gasteiger partial charge in [0.05, 0.1) is 12.7 Å². The second kappa shape index (κ2) is 6.37. The zero-order valence-corrected chi connectivity index (χ0v) is 13.9. The minimum absolute atomic E-state index is 0.485. The molecule has 0 saturated heterocycles. The molecule has 0 spiro atoms. The molecule has 1 N–H and O–H groups in total. The van der Waals surface area contributed by atoms with Crippen molar-refractivity contribution in [1.82, 2.24) is 0 Å². The molecule has 0 bridgehead atoms. The smallest absolute Gasteiger partial charge is 0.127 e. The zero-order chi connectivity index (χ0) is 15.6. The molecule has 1 aromatic carbocycles. The van der Waals surface area contributed by atoms with Crippen molar-refractivity contribution in [3.8, 4) is 5.75 Å². The van der Waals surface area contributed by atoms with Crippen LogP contribution in [0.5, 0.6) is 5.75 Å². The Labute approximate surface area is 128 Å². The van der Waals surface area contributed by atoms with E-state index in [0.717, 1.165) is 42.6 Å². The van der Waals surface area contributed by atoms with Gasteiger partial charge in [-0.05, 0) is 56.6 Å². The number of benzene rings is 1. The minimum Gasteiger partial charge on any atom is -0.496 e. The Morgan fingerprint density at radius 3 is 2.33 bits per heavy atom. The lowest BCUT2D eigenvalue weighted by atomic mass is 9.74. The van der Waals surface area contributed by atoms with E-state index in [2.05, 4.69) is 13.8 Å². The van der Waals surface area contributed by atoms with Crippen LogP contribution in [-0.4, -0.2) is 24.9 Å². The zero-order valence-electron chi connectivity index (χ0n) is 13.9. The fourth-order valence-electron chi connectivity index (χ4n) is 3.42. The third kappa shape index (κ3) is 2.95. The SMILES string of the molecule is COc1c(C(O)C2(OC)CCC(C)CC2)ccc(C)c1C. The van der Waals surface area contributed by atoms with Crippen LogP contribution in [0.3, 0.4) is 0 Å². The summed E-state index contributed by atoms with van der Waals surface area (Å²) in [7, 11) is 3.38. The van der Waals surface area contributed by atoms with E-state index in [0.29, 0.717) is 5.92 Å². The predicted molar refractivity (Wildman–Crippen MR) is 84.8 cm³/mol. The number of hydrogen-bond donors (Lipinski definition) is 1. The van der Waals surface area contributed by atoms with Crippen LogP contribution < -0.4 is 4.74 Å². The standard InChI is InChI=1S/C18H28O3/c1-12-8-10-18(21-5,11-9-12)17(19)15-7-6-13(2)14(3)16(15)20-4/h6-7,12,17,19H,8-11H2,1-5H3. The van der Waals surface area contributed by atoms with E-state index in [1.54, 1.807) is 14.2 Å². The molecular weight excluding hydrogens is 264 g/mol. The van der Waals surface area contributed by atoms with Crippen LogP contribution >= 0.6 is 0 Å². The van der Waals surface area contributed by atoms with Gasteiger partial charge in [0.15, 0.2) is 0 Å². The highest BCUT2D eigenvalue weighted by Crippen LogP contribution is 2.45. The molecule has 1 aliphatic carbocycles. The van der Waals surface area contributed by atoms with Gasteiger partial charge in [-0.15, -0.1) is 0 Å². The number of aliphatic hydroxyl groups is 1. The van der Waals surface area contributed by atoms with Crippen LogP contribution in [0.25, 0.3) is 0 Å². The van der Waals surface area contributed by atoms with E-state index in [1.807, 2.05) is 19.1 Å². The number of aryl methyl sites for hydroxylation is 1. The summed E-state index contributed by atoms with van der Waals surface area (Å²) in [5.41, 5.74) is 2.62. The van der Waals surface area contributed by atoms with Gasteiger partial charge in [0.2, 0.25) is 0 Å². The Hall–Kier alpha value is -1.06. The molecule has 1 aromatic rings. The van der Waals surface area contributed by atoms with Crippen LogP contribution in [0.15, 0.2) is 12.1 Å². The fourth-order valence-corrected chi connectivity index (χ4v) is 3.42. The van der Waals surface area contributed by atoms with Gasteiger partial charge in [-0.1, -0.05) is 19.1 Å². The Morgan fingerprint density at radius 1 is 1.19 bits per heavy atom. The first-order chi connectivity index (χ1) is 9.95. The minimum atomic E-state index is -0.649. The van der Waals surface area contributed by atoms with Crippen molar-refractivity contribution in [1.29, 1.82) is 0 Å². The summed E-state index contributed by atoms with van der Waals surface area (Å²) in [4.78, 5) is 0. The molecule has 3 nitrogen and oxygen atoms in total. The first-order valence-electron chi connectivity index (χ1n) is 7.82. The van der Waals surface area contributed by atoms with Crippen LogP contribution in [0.4, 0.5) is 0 Å². The molecule has 0 heterocycles. The fraction of sp³-hybridized carbons (Fsp3) is 0.667. The average molecular weight is 292 g/mol. The molecule has 2 rings (SSSR count). The predicted octanol–water partition coefficient (Wildman–Crippen LogP) is 3.94. The second-order valence-electron chi connectivity index (χ2n) is 6.48. The third-order valence-electron chi connectivity index (χ3n) is 5.23. The lowest BCUT2D eigenvalue weighted by Gasteiger charge is -2.42. The molecule has 0 aliphatic heterocycles. The monoisotopic (exact) mass is 292 g/mol. The molecule has 118 valence electrons. The van der Waals surface area contributed by atoms with E-state index in [1.165, 1.54) is 5.56 Å². The van der Waals surface area contributed by atoms with Crippen LogP contribution in [-0.2, 0) is 4.74 Å². The van der Waals surface area contributed by atoms with Gasteiger partial charge in [0.1, 0.15) is 11.9 Å². The third-order valence-corrected chi connectivity index (χ3v) is 5.23. The first-order valence-corrected chi connectivity index (χ1v) is 7.82. The number of methoxy groups -OCH3 is 2. The number of ether oxygens (including phenoxy) is 2. The average Bonchev–Trinajstić information content (AvgIpc) is 2.50. The van der Waals surface area contributed by atoms with Gasteiger partial charge >= 0.3 is 0 Å². The van der Waals surface area contributed by atoms with E-state index in [4.69, 9.17) is 9.47 Å². The lowest BCUT2D eigenvalue weighted by molar-refractivity contribution is -0.131. The summed E-state index contributed by atoms with van der Waals surface area (Å²) in [5, 5.41) is 11.0. The molecule has 3 heteroatoms. The number of aliphatic hydroxyl groups excluding tert-OH is 1. The van der Waals surface area contributed by atoms with Crippen molar-refractivity contribution in [2.24, 2.45) is 5.92 Å². The highest BCUT2D eigenvalue weighted by molar-refractivity contribution is 5.47. The largest absolute Gasteiger partial charge is 0.496 e. The molecular formula is C18H28O3. The normalized spacial score (nSPS) is 27.4. The highest BCUT2D eigenvalue weighted by atomic mass is 16.5. The number of hydrogen-bond acceptors (Lipinski definition) is 3. The Bertz CT molecular complexity index is 487. The van der Waals surface area contributed by atoms with Gasteiger partial charge in [0, 0.05) is 12.7 Å². The van der Waals surface area contributed by atoms with Crippen LogP contribution in [0.2, 0.25) is 0 Å². The maximum Gasteiger partial charge on any atom is 0.127 e.